The Labute approximate surface area is 191 Å². The molecular formula is C31H29N. The summed E-state index contributed by atoms with van der Waals surface area (Å²) >= 11 is 0. The fourth-order valence-electron chi connectivity index (χ4n) is 6.06. The lowest BCUT2D eigenvalue weighted by molar-refractivity contribution is 0.714. The summed E-state index contributed by atoms with van der Waals surface area (Å²) in [7, 11) is 0. The van der Waals surface area contributed by atoms with Gasteiger partial charge in [0.2, 0.25) is 0 Å². The van der Waals surface area contributed by atoms with Gasteiger partial charge in [0, 0.05) is 17.1 Å². The van der Waals surface area contributed by atoms with Crippen LogP contribution in [0.3, 0.4) is 0 Å². The number of para-hydroxylation sites is 2. The predicted octanol–water partition coefficient (Wildman–Crippen LogP) is 8.80. The van der Waals surface area contributed by atoms with Gasteiger partial charge in [-0.15, -0.1) is 0 Å². The molecule has 4 aromatic carbocycles. The molecule has 0 heterocycles. The SMILES string of the molecule is Cc1ccc(N(c2ccccc2)c2ccccc2)cc1-c1cc(C)c2c(c1)C1CCC2C1. The molecule has 6 rings (SSSR count). The summed E-state index contributed by atoms with van der Waals surface area (Å²) in [6, 6.07) is 33.2. The van der Waals surface area contributed by atoms with Crippen molar-refractivity contribution in [1.82, 2.24) is 0 Å². The molecule has 2 unspecified atom stereocenters. The third-order valence-corrected chi connectivity index (χ3v) is 7.52. The first-order valence-electron chi connectivity index (χ1n) is 11.8. The average Bonchev–Trinajstić information content (AvgIpc) is 3.44. The smallest absolute Gasteiger partial charge is 0.0467 e. The molecule has 2 aliphatic rings. The summed E-state index contributed by atoms with van der Waals surface area (Å²) in [5.41, 5.74) is 12.4. The van der Waals surface area contributed by atoms with E-state index in [9.17, 15) is 0 Å². The second-order valence-corrected chi connectivity index (χ2v) is 9.51. The molecule has 0 N–H and O–H groups in total. The Kier molecular flexibility index (Phi) is 4.64. The molecule has 1 fully saturated rings. The van der Waals surface area contributed by atoms with Crippen LogP contribution in [0.15, 0.2) is 91.0 Å². The van der Waals surface area contributed by atoms with E-state index in [4.69, 9.17) is 0 Å². The van der Waals surface area contributed by atoms with Gasteiger partial charge in [-0.1, -0.05) is 54.6 Å². The molecule has 0 amide bonds. The first kappa shape index (κ1) is 19.4. The summed E-state index contributed by atoms with van der Waals surface area (Å²) in [5.74, 6) is 1.59. The lowest BCUT2D eigenvalue weighted by Crippen LogP contribution is -2.10. The number of aryl methyl sites for hydroxylation is 2. The van der Waals surface area contributed by atoms with Crippen molar-refractivity contribution in [2.45, 2.75) is 44.9 Å². The van der Waals surface area contributed by atoms with Gasteiger partial charge in [0.05, 0.1) is 0 Å². The van der Waals surface area contributed by atoms with E-state index in [-0.39, 0.29) is 0 Å². The van der Waals surface area contributed by atoms with Crippen LogP contribution < -0.4 is 4.90 Å². The molecule has 32 heavy (non-hydrogen) atoms. The number of hydrogen-bond donors (Lipinski definition) is 0. The highest BCUT2D eigenvalue weighted by Crippen LogP contribution is 2.55. The molecule has 0 saturated heterocycles. The molecule has 158 valence electrons. The van der Waals surface area contributed by atoms with E-state index in [0.717, 1.165) is 11.8 Å². The Morgan fingerprint density at radius 2 is 1.28 bits per heavy atom. The highest BCUT2D eigenvalue weighted by atomic mass is 15.1. The average molecular weight is 416 g/mol. The van der Waals surface area contributed by atoms with Gasteiger partial charge in [-0.05, 0) is 115 Å². The molecule has 1 heteroatoms. The fourth-order valence-corrected chi connectivity index (χ4v) is 6.06. The van der Waals surface area contributed by atoms with Gasteiger partial charge in [0.25, 0.3) is 0 Å². The Bertz CT molecular complexity index is 1230. The maximum atomic E-state index is 2.51. The molecule has 1 saturated carbocycles. The Hall–Kier alpha value is -3.32. The van der Waals surface area contributed by atoms with E-state index in [2.05, 4.69) is 110 Å². The first-order valence-corrected chi connectivity index (χ1v) is 11.8. The van der Waals surface area contributed by atoms with Crippen LogP contribution >= 0.6 is 0 Å². The molecule has 0 aromatic heterocycles. The van der Waals surface area contributed by atoms with Crippen LogP contribution in [0.25, 0.3) is 11.1 Å². The van der Waals surface area contributed by atoms with Gasteiger partial charge in [-0.2, -0.15) is 0 Å². The molecule has 2 aliphatic carbocycles. The summed E-state index contributed by atoms with van der Waals surface area (Å²) < 4.78 is 0. The number of rotatable bonds is 4. The minimum Gasteiger partial charge on any atom is -0.310 e. The van der Waals surface area contributed by atoms with E-state index in [1.165, 1.54) is 58.6 Å². The summed E-state index contributed by atoms with van der Waals surface area (Å²) in [6.07, 6.45) is 4.12. The van der Waals surface area contributed by atoms with Gasteiger partial charge in [0.1, 0.15) is 0 Å². The van der Waals surface area contributed by atoms with E-state index in [1.54, 1.807) is 11.1 Å². The third kappa shape index (κ3) is 3.15. The molecule has 4 aromatic rings. The molecule has 0 spiro atoms. The highest BCUT2D eigenvalue weighted by Gasteiger charge is 2.38. The minimum atomic E-state index is 0.780. The predicted molar refractivity (Wildman–Crippen MR) is 135 cm³/mol. The summed E-state index contributed by atoms with van der Waals surface area (Å²) in [6.45, 7) is 4.56. The van der Waals surface area contributed by atoms with E-state index in [1.807, 2.05) is 0 Å². The standard InChI is InChI=1S/C31H29N/c1-21-13-16-28(32(26-9-5-3-6-10-26)27-11-7-4-8-12-27)20-29(21)25-17-22(2)31-24-15-14-23(18-24)30(31)19-25/h3-13,16-17,19-20,23-24H,14-15,18H2,1-2H3. The molecule has 1 nitrogen and oxygen atoms in total. The number of hydrogen-bond acceptors (Lipinski definition) is 1. The van der Waals surface area contributed by atoms with Gasteiger partial charge in [-0.3, -0.25) is 0 Å². The van der Waals surface area contributed by atoms with Gasteiger partial charge >= 0.3 is 0 Å². The zero-order valence-electron chi connectivity index (χ0n) is 18.9. The highest BCUT2D eigenvalue weighted by molar-refractivity contribution is 5.81. The van der Waals surface area contributed by atoms with Crippen molar-refractivity contribution in [3.05, 3.63) is 113 Å². The van der Waals surface area contributed by atoms with E-state index < -0.39 is 0 Å². The van der Waals surface area contributed by atoms with E-state index in [0.29, 0.717) is 0 Å². The molecule has 0 radical (unpaired) electrons. The normalized spacial score (nSPS) is 18.6. The lowest BCUT2D eigenvalue weighted by Gasteiger charge is -2.26. The van der Waals surface area contributed by atoms with Crippen LogP contribution in [0.1, 0.15) is 53.4 Å². The quantitative estimate of drug-likeness (QED) is 0.322. The third-order valence-electron chi connectivity index (χ3n) is 7.52. The van der Waals surface area contributed by atoms with Crippen molar-refractivity contribution in [1.29, 1.82) is 0 Å². The van der Waals surface area contributed by atoms with Gasteiger partial charge in [-0.25, -0.2) is 0 Å². The monoisotopic (exact) mass is 415 g/mol. The van der Waals surface area contributed by atoms with Crippen molar-refractivity contribution < 1.29 is 0 Å². The topological polar surface area (TPSA) is 3.24 Å². The van der Waals surface area contributed by atoms with Crippen molar-refractivity contribution in [2.24, 2.45) is 0 Å². The van der Waals surface area contributed by atoms with Gasteiger partial charge < -0.3 is 4.90 Å². The number of nitrogens with zero attached hydrogens (tertiary/aromatic N) is 1. The second kappa shape index (κ2) is 7.67. The van der Waals surface area contributed by atoms with Gasteiger partial charge in [0.15, 0.2) is 0 Å². The van der Waals surface area contributed by atoms with Crippen LogP contribution in [0, 0.1) is 13.8 Å². The number of anilines is 3. The summed E-state index contributed by atoms with van der Waals surface area (Å²) in [5, 5.41) is 0. The largest absolute Gasteiger partial charge is 0.310 e. The van der Waals surface area contributed by atoms with Crippen molar-refractivity contribution in [3.63, 3.8) is 0 Å². The molecule has 0 aliphatic heterocycles. The van der Waals surface area contributed by atoms with Crippen molar-refractivity contribution in [3.8, 4) is 11.1 Å². The van der Waals surface area contributed by atoms with Crippen molar-refractivity contribution in [2.75, 3.05) is 4.90 Å². The van der Waals surface area contributed by atoms with Crippen molar-refractivity contribution >= 4 is 17.1 Å². The second-order valence-electron chi connectivity index (χ2n) is 9.51. The Morgan fingerprint density at radius 3 is 1.97 bits per heavy atom. The fraction of sp³-hybridized carbons (Fsp3) is 0.226. The van der Waals surface area contributed by atoms with E-state index >= 15 is 0 Å². The zero-order chi connectivity index (χ0) is 21.7. The van der Waals surface area contributed by atoms with Crippen LogP contribution in [0.2, 0.25) is 0 Å². The zero-order valence-corrected chi connectivity index (χ0v) is 18.9. The maximum absolute atomic E-state index is 2.51. The minimum absolute atomic E-state index is 0.780. The van der Waals surface area contributed by atoms with Crippen LogP contribution in [0.5, 0.6) is 0 Å². The lowest BCUT2D eigenvalue weighted by atomic mass is 9.85. The Balaban J connectivity index is 1.49. The number of benzene rings is 4. The van der Waals surface area contributed by atoms with Crippen LogP contribution in [-0.2, 0) is 0 Å². The first-order chi connectivity index (χ1) is 15.7. The molecule has 2 bridgehead atoms. The Morgan fingerprint density at radius 1 is 0.625 bits per heavy atom. The molecule has 2 atom stereocenters. The van der Waals surface area contributed by atoms with Crippen LogP contribution in [0.4, 0.5) is 17.1 Å². The number of fused-ring (bicyclic) bond motifs is 5. The summed E-state index contributed by atoms with van der Waals surface area (Å²) in [4.78, 5) is 2.35. The maximum Gasteiger partial charge on any atom is 0.0467 e. The van der Waals surface area contributed by atoms with Crippen LogP contribution in [-0.4, -0.2) is 0 Å². The molecular weight excluding hydrogens is 386 g/mol.